The van der Waals surface area contributed by atoms with Gasteiger partial charge in [-0.25, -0.2) is 4.68 Å². The van der Waals surface area contributed by atoms with Crippen LogP contribution in [0.3, 0.4) is 0 Å². The lowest BCUT2D eigenvalue weighted by Gasteiger charge is -2.07. The average molecular weight is 251 g/mol. The van der Waals surface area contributed by atoms with E-state index in [0.717, 1.165) is 4.88 Å². The molecule has 0 bridgehead atoms. The number of hydrogen-bond donors (Lipinski definition) is 1. The molecule has 2 aromatic rings. The molecule has 2 heterocycles. The van der Waals surface area contributed by atoms with E-state index < -0.39 is 0 Å². The molecule has 0 aliphatic heterocycles. The van der Waals surface area contributed by atoms with Crippen molar-refractivity contribution in [1.29, 1.82) is 0 Å². The molecular formula is C11H13N3O2S. The molecule has 90 valence electrons. The fraction of sp³-hybridized carbons (Fsp3) is 0.273. The van der Waals surface area contributed by atoms with Crippen LogP contribution in [0.15, 0.2) is 28.4 Å². The second-order valence-corrected chi connectivity index (χ2v) is 4.43. The van der Waals surface area contributed by atoms with Crippen LogP contribution in [-0.2, 0) is 11.3 Å². The third-order valence-electron chi connectivity index (χ3n) is 2.28. The predicted molar refractivity (Wildman–Crippen MR) is 68.1 cm³/mol. The molecule has 5 nitrogen and oxygen atoms in total. The van der Waals surface area contributed by atoms with E-state index in [0.29, 0.717) is 18.8 Å². The van der Waals surface area contributed by atoms with Gasteiger partial charge >= 0.3 is 0 Å². The molecule has 0 aromatic carbocycles. The molecule has 0 saturated carbocycles. The fourth-order valence-electron chi connectivity index (χ4n) is 1.44. The van der Waals surface area contributed by atoms with E-state index in [1.165, 1.54) is 4.68 Å². The van der Waals surface area contributed by atoms with Gasteiger partial charge in [0, 0.05) is 7.11 Å². The van der Waals surface area contributed by atoms with Crippen LogP contribution in [-0.4, -0.2) is 23.5 Å². The van der Waals surface area contributed by atoms with Gasteiger partial charge in [-0.3, -0.25) is 4.79 Å². The Bertz CT molecular complexity index is 548. The first kappa shape index (κ1) is 11.8. The van der Waals surface area contributed by atoms with Crippen LogP contribution in [0.2, 0.25) is 0 Å². The molecule has 6 heteroatoms. The predicted octanol–water partition coefficient (Wildman–Crippen LogP) is 1.20. The lowest BCUT2D eigenvalue weighted by molar-refractivity contribution is 0.182. The zero-order chi connectivity index (χ0) is 12.3. The number of nitrogen functional groups attached to an aromatic ring is 1. The molecule has 2 rings (SSSR count). The average Bonchev–Trinajstić information content (AvgIpc) is 2.84. The van der Waals surface area contributed by atoms with Crippen molar-refractivity contribution in [2.45, 2.75) is 6.54 Å². The van der Waals surface area contributed by atoms with Crippen LogP contribution < -0.4 is 11.3 Å². The van der Waals surface area contributed by atoms with Crippen molar-refractivity contribution >= 4 is 17.0 Å². The molecule has 0 spiro atoms. The Hall–Kier alpha value is -1.66. The van der Waals surface area contributed by atoms with Gasteiger partial charge in [0.15, 0.2) is 0 Å². The van der Waals surface area contributed by atoms with E-state index in [2.05, 4.69) is 5.10 Å². The summed E-state index contributed by atoms with van der Waals surface area (Å²) in [5, 5.41) is 6.22. The van der Waals surface area contributed by atoms with Gasteiger partial charge in [0.05, 0.1) is 18.0 Å². The minimum atomic E-state index is -0.276. The highest BCUT2D eigenvalue weighted by Crippen LogP contribution is 2.22. The number of ether oxygens (including phenoxy) is 1. The van der Waals surface area contributed by atoms with Gasteiger partial charge in [-0.2, -0.15) is 5.10 Å². The summed E-state index contributed by atoms with van der Waals surface area (Å²) < 4.78 is 6.27. The van der Waals surface area contributed by atoms with E-state index >= 15 is 0 Å². The molecular weight excluding hydrogens is 238 g/mol. The highest BCUT2D eigenvalue weighted by molar-refractivity contribution is 7.13. The largest absolute Gasteiger partial charge is 0.394 e. The molecule has 2 aromatic heterocycles. The van der Waals surface area contributed by atoms with E-state index in [-0.39, 0.29) is 11.2 Å². The zero-order valence-electron chi connectivity index (χ0n) is 9.42. The molecule has 0 fully saturated rings. The molecule has 0 aliphatic carbocycles. The molecule has 0 unspecified atom stereocenters. The first-order valence-electron chi connectivity index (χ1n) is 5.13. The van der Waals surface area contributed by atoms with E-state index in [4.69, 9.17) is 10.5 Å². The number of nitrogens with zero attached hydrogens (tertiary/aromatic N) is 2. The van der Waals surface area contributed by atoms with Crippen LogP contribution >= 0.6 is 11.3 Å². The van der Waals surface area contributed by atoms with Crippen molar-refractivity contribution in [1.82, 2.24) is 9.78 Å². The van der Waals surface area contributed by atoms with Crippen molar-refractivity contribution in [3.8, 4) is 10.6 Å². The molecule has 0 amide bonds. The van der Waals surface area contributed by atoms with E-state index in [1.807, 2.05) is 17.5 Å². The maximum Gasteiger partial charge on any atom is 0.289 e. The summed E-state index contributed by atoms with van der Waals surface area (Å²) in [6.45, 7) is 0.832. The van der Waals surface area contributed by atoms with Crippen LogP contribution in [0.1, 0.15) is 0 Å². The molecule has 0 atom stereocenters. The normalized spacial score (nSPS) is 10.6. The number of aromatic nitrogens is 2. The number of anilines is 1. The lowest BCUT2D eigenvalue weighted by atomic mass is 10.3. The van der Waals surface area contributed by atoms with Crippen molar-refractivity contribution in [3.05, 3.63) is 33.9 Å². The quantitative estimate of drug-likeness (QED) is 0.886. The second kappa shape index (κ2) is 5.11. The summed E-state index contributed by atoms with van der Waals surface area (Å²) in [4.78, 5) is 12.7. The summed E-state index contributed by atoms with van der Waals surface area (Å²) in [5.74, 6) is 0. The first-order valence-corrected chi connectivity index (χ1v) is 6.01. The number of hydrogen-bond acceptors (Lipinski definition) is 5. The van der Waals surface area contributed by atoms with Crippen molar-refractivity contribution in [2.75, 3.05) is 19.5 Å². The number of rotatable bonds is 4. The highest BCUT2D eigenvalue weighted by atomic mass is 32.1. The summed E-state index contributed by atoms with van der Waals surface area (Å²) in [5.41, 5.74) is 6.34. The molecule has 2 N–H and O–H groups in total. The van der Waals surface area contributed by atoms with Gasteiger partial charge in [0.1, 0.15) is 11.4 Å². The summed E-state index contributed by atoms with van der Waals surface area (Å²) >= 11 is 1.56. The summed E-state index contributed by atoms with van der Waals surface area (Å²) in [7, 11) is 1.58. The highest BCUT2D eigenvalue weighted by Gasteiger charge is 2.08. The Labute approximate surface area is 102 Å². The third-order valence-corrected chi connectivity index (χ3v) is 3.18. The van der Waals surface area contributed by atoms with Crippen LogP contribution in [0.25, 0.3) is 10.6 Å². The summed E-state index contributed by atoms with van der Waals surface area (Å²) in [6, 6.07) is 5.48. The Morgan fingerprint density at radius 2 is 2.41 bits per heavy atom. The number of thiophene rings is 1. The monoisotopic (exact) mass is 251 g/mol. The van der Waals surface area contributed by atoms with E-state index in [1.54, 1.807) is 24.5 Å². The number of methoxy groups -OCH3 is 1. The van der Waals surface area contributed by atoms with Gasteiger partial charge in [0.2, 0.25) is 0 Å². The Morgan fingerprint density at radius 3 is 3.06 bits per heavy atom. The van der Waals surface area contributed by atoms with Gasteiger partial charge < -0.3 is 10.5 Å². The SMILES string of the molecule is COCCn1nc(-c2cccs2)cc(N)c1=O. The Morgan fingerprint density at radius 1 is 1.59 bits per heavy atom. The Kier molecular flexibility index (Phi) is 3.55. The first-order chi connectivity index (χ1) is 8.22. The van der Waals surface area contributed by atoms with E-state index in [9.17, 15) is 4.79 Å². The molecule has 0 aliphatic rings. The maximum atomic E-state index is 11.7. The fourth-order valence-corrected chi connectivity index (χ4v) is 2.12. The minimum Gasteiger partial charge on any atom is -0.394 e. The van der Waals surface area contributed by atoms with Crippen LogP contribution in [0.5, 0.6) is 0 Å². The minimum absolute atomic E-state index is 0.208. The van der Waals surface area contributed by atoms with Crippen molar-refractivity contribution in [3.63, 3.8) is 0 Å². The number of nitrogens with two attached hydrogens (primary N) is 1. The van der Waals surface area contributed by atoms with Crippen LogP contribution in [0.4, 0.5) is 5.69 Å². The van der Waals surface area contributed by atoms with Gasteiger partial charge in [-0.05, 0) is 17.5 Å². The summed E-state index contributed by atoms with van der Waals surface area (Å²) in [6.07, 6.45) is 0. The van der Waals surface area contributed by atoms with Gasteiger partial charge in [-0.1, -0.05) is 6.07 Å². The van der Waals surface area contributed by atoms with Crippen molar-refractivity contribution in [2.24, 2.45) is 0 Å². The molecule has 17 heavy (non-hydrogen) atoms. The topological polar surface area (TPSA) is 70.1 Å². The second-order valence-electron chi connectivity index (χ2n) is 3.48. The molecule has 0 radical (unpaired) electrons. The third kappa shape index (κ3) is 2.54. The molecule has 0 saturated heterocycles. The smallest absolute Gasteiger partial charge is 0.289 e. The zero-order valence-corrected chi connectivity index (χ0v) is 10.2. The lowest BCUT2D eigenvalue weighted by Crippen LogP contribution is -2.27. The van der Waals surface area contributed by atoms with Crippen molar-refractivity contribution < 1.29 is 4.74 Å². The Balaban J connectivity index is 2.42. The van der Waals surface area contributed by atoms with Gasteiger partial charge in [0.25, 0.3) is 5.56 Å². The van der Waals surface area contributed by atoms with Crippen LogP contribution in [0, 0.1) is 0 Å². The van der Waals surface area contributed by atoms with Gasteiger partial charge in [-0.15, -0.1) is 11.3 Å². The maximum absolute atomic E-state index is 11.7. The standard InChI is InChI=1S/C11H13N3O2S/c1-16-5-4-14-11(15)8(12)7-9(13-14)10-3-2-6-17-10/h2-3,6-7H,4-5,12H2,1H3.